The van der Waals surface area contributed by atoms with E-state index in [0.717, 1.165) is 57.6 Å². The molecule has 2 aromatic carbocycles. The van der Waals surface area contributed by atoms with Gasteiger partial charge in [-0.15, -0.1) is 11.8 Å². The van der Waals surface area contributed by atoms with E-state index in [1.807, 2.05) is 49.6 Å². The number of benzene rings is 2. The summed E-state index contributed by atoms with van der Waals surface area (Å²) >= 11 is 3.37. The normalized spacial score (nSPS) is 14.9. The van der Waals surface area contributed by atoms with Crippen LogP contribution in [-0.2, 0) is 4.79 Å². The quantitative estimate of drug-likeness (QED) is 0.543. The molecule has 2 heterocycles. The molecule has 152 valence electrons. The van der Waals surface area contributed by atoms with Crippen molar-refractivity contribution in [1.82, 2.24) is 4.98 Å². The van der Waals surface area contributed by atoms with Gasteiger partial charge in [-0.25, -0.2) is 4.98 Å². The number of ether oxygens (including phenoxy) is 1. The molecule has 0 saturated carbocycles. The lowest BCUT2D eigenvalue weighted by molar-refractivity contribution is -0.120. The average molecular weight is 428 g/mol. The molecule has 1 aliphatic heterocycles. The Labute approximate surface area is 179 Å². The maximum absolute atomic E-state index is 12.7. The SMILES string of the molecule is CCOc1ccc2nc(N3CCC(C(=O)Nc4cccc(SC)c4)CC3)sc2c1. The number of thioether (sulfide) groups is 1. The molecule has 0 spiro atoms. The van der Waals surface area contributed by atoms with Gasteiger partial charge in [0, 0.05) is 29.6 Å². The predicted molar refractivity (Wildman–Crippen MR) is 123 cm³/mol. The second-order valence-electron chi connectivity index (χ2n) is 7.04. The monoisotopic (exact) mass is 427 g/mol. The Balaban J connectivity index is 1.37. The van der Waals surface area contributed by atoms with E-state index >= 15 is 0 Å². The Morgan fingerprint density at radius 3 is 2.86 bits per heavy atom. The van der Waals surface area contributed by atoms with Crippen molar-refractivity contribution in [3.8, 4) is 5.75 Å². The number of aromatic nitrogens is 1. The molecule has 0 unspecified atom stereocenters. The summed E-state index contributed by atoms with van der Waals surface area (Å²) in [5.74, 6) is 1.05. The maximum Gasteiger partial charge on any atom is 0.227 e. The van der Waals surface area contributed by atoms with Gasteiger partial charge < -0.3 is 15.0 Å². The van der Waals surface area contributed by atoms with E-state index in [9.17, 15) is 4.79 Å². The van der Waals surface area contributed by atoms with Gasteiger partial charge >= 0.3 is 0 Å². The van der Waals surface area contributed by atoms with Gasteiger partial charge in [0.2, 0.25) is 5.91 Å². The number of nitrogens with one attached hydrogen (secondary N) is 1. The molecule has 0 radical (unpaired) electrons. The number of piperidine rings is 1. The van der Waals surface area contributed by atoms with Crippen molar-refractivity contribution in [1.29, 1.82) is 0 Å². The van der Waals surface area contributed by atoms with E-state index in [1.54, 1.807) is 23.1 Å². The van der Waals surface area contributed by atoms with E-state index in [4.69, 9.17) is 9.72 Å². The molecule has 1 N–H and O–H groups in total. The standard InChI is InChI=1S/C22H25N3O2S2/c1-3-27-17-7-8-19-20(14-17)29-22(24-19)25-11-9-15(10-12-25)21(26)23-16-5-4-6-18(13-16)28-2/h4-8,13-15H,3,9-12H2,1-2H3,(H,23,26). The number of thiazole rings is 1. The number of carbonyl (C=O) groups excluding carboxylic acids is 1. The maximum atomic E-state index is 12.7. The van der Waals surface area contributed by atoms with Crippen LogP contribution in [0.25, 0.3) is 10.2 Å². The molecule has 1 fully saturated rings. The highest BCUT2D eigenvalue weighted by Crippen LogP contribution is 2.33. The number of hydrogen-bond donors (Lipinski definition) is 1. The molecular weight excluding hydrogens is 402 g/mol. The summed E-state index contributed by atoms with van der Waals surface area (Å²) < 4.78 is 6.73. The Bertz CT molecular complexity index is 997. The zero-order chi connectivity index (χ0) is 20.2. The summed E-state index contributed by atoms with van der Waals surface area (Å²) in [6.07, 6.45) is 3.72. The fourth-order valence-electron chi connectivity index (χ4n) is 3.56. The number of carbonyl (C=O) groups is 1. The Morgan fingerprint density at radius 1 is 1.28 bits per heavy atom. The van der Waals surface area contributed by atoms with Gasteiger partial charge in [-0.3, -0.25) is 4.79 Å². The van der Waals surface area contributed by atoms with Crippen molar-refractivity contribution in [2.24, 2.45) is 5.92 Å². The first-order chi connectivity index (χ1) is 14.2. The zero-order valence-corrected chi connectivity index (χ0v) is 18.3. The van der Waals surface area contributed by atoms with Crippen LogP contribution < -0.4 is 15.0 Å². The summed E-state index contributed by atoms with van der Waals surface area (Å²) in [7, 11) is 0. The van der Waals surface area contributed by atoms with E-state index in [1.165, 1.54) is 0 Å². The van der Waals surface area contributed by atoms with Gasteiger partial charge in [-0.1, -0.05) is 17.4 Å². The minimum absolute atomic E-state index is 0.0446. The predicted octanol–water partition coefficient (Wildman–Crippen LogP) is 5.27. The fourth-order valence-corrected chi connectivity index (χ4v) is 5.07. The van der Waals surface area contributed by atoms with Crippen LogP contribution in [0.15, 0.2) is 47.4 Å². The van der Waals surface area contributed by atoms with Crippen LogP contribution in [0, 0.1) is 5.92 Å². The first kappa shape index (κ1) is 20.0. The lowest BCUT2D eigenvalue weighted by Crippen LogP contribution is -2.38. The van der Waals surface area contributed by atoms with Crippen LogP contribution in [0.5, 0.6) is 5.75 Å². The molecule has 1 saturated heterocycles. The number of fused-ring (bicyclic) bond motifs is 1. The van der Waals surface area contributed by atoms with Crippen molar-refractivity contribution < 1.29 is 9.53 Å². The third-order valence-electron chi connectivity index (χ3n) is 5.13. The first-order valence-electron chi connectivity index (χ1n) is 9.89. The fraction of sp³-hybridized carbons (Fsp3) is 0.364. The molecule has 0 atom stereocenters. The third kappa shape index (κ3) is 4.67. The average Bonchev–Trinajstić information content (AvgIpc) is 3.17. The highest BCUT2D eigenvalue weighted by atomic mass is 32.2. The summed E-state index contributed by atoms with van der Waals surface area (Å²) in [4.78, 5) is 20.9. The molecule has 29 heavy (non-hydrogen) atoms. The summed E-state index contributed by atoms with van der Waals surface area (Å²) in [5.41, 5.74) is 1.88. The van der Waals surface area contributed by atoms with Gasteiger partial charge in [0.1, 0.15) is 5.75 Å². The van der Waals surface area contributed by atoms with E-state index < -0.39 is 0 Å². The summed E-state index contributed by atoms with van der Waals surface area (Å²) in [6.45, 7) is 4.35. The van der Waals surface area contributed by atoms with Crippen LogP contribution in [0.4, 0.5) is 10.8 Å². The van der Waals surface area contributed by atoms with Crippen LogP contribution in [0.2, 0.25) is 0 Å². The first-order valence-corrected chi connectivity index (χ1v) is 11.9. The molecule has 1 amide bonds. The molecular formula is C22H25N3O2S2. The van der Waals surface area contributed by atoms with Gasteiger partial charge in [0.15, 0.2) is 5.13 Å². The molecule has 4 rings (SSSR count). The second kappa shape index (κ2) is 9.05. The molecule has 7 heteroatoms. The van der Waals surface area contributed by atoms with Crippen molar-refractivity contribution in [2.45, 2.75) is 24.7 Å². The molecule has 1 aromatic heterocycles. The minimum Gasteiger partial charge on any atom is -0.494 e. The summed E-state index contributed by atoms with van der Waals surface area (Å²) in [6, 6.07) is 14.0. The topological polar surface area (TPSA) is 54.5 Å². The lowest BCUT2D eigenvalue weighted by atomic mass is 9.96. The minimum atomic E-state index is 0.0446. The van der Waals surface area contributed by atoms with Crippen LogP contribution in [0.1, 0.15) is 19.8 Å². The second-order valence-corrected chi connectivity index (χ2v) is 8.93. The van der Waals surface area contributed by atoms with Gasteiger partial charge in [0.05, 0.1) is 16.8 Å². The van der Waals surface area contributed by atoms with E-state index in [2.05, 4.69) is 16.3 Å². The van der Waals surface area contributed by atoms with Gasteiger partial charge in [0.25, 0.3) is 0 Å². The van der Waals surface area contributed by atoms with Crippen molar-refractivity contribution in [3.63, 3.8) is 0 Å². The van der Waals surface area contributed by atoms with Crippen LogP contribution >= 0.6 is 23.1 Å². The molecule has 1 aliphatic rings. The third-order valence-corrected chi connectivity index (χ3v) is 6.94. The molecule has 0 aliphatic carbocycles. The Morgan fingerprint density at radius 2 is 2.10 bits per heavy atom. The van der Waals surface area contributed by atoms with Gasteiger partial charge in [-0.2, -0.15) is 0 Å². The lowest BCUT2D eigenvalue weighted by Gasteiger charge is -2.31. The Kier molecular flexibility index (Phi) is 6.25. The number of anilines is 2. The highest BCUT2D eigenvalue weighted by Gasteiger charge is 2.26. The number of nitrogens with zero attached hydrogens (tertiary/aromatic N) is 2. The van der Waals surface area contributed by atoms with Crippen molar-refractivity contribution in [2.75, 3.05) is 36.2 Å². The van der Waals surface area contributed by atoms with Crippen molar-refractivity contribution >= 4 is 50.0 Å². The van der Waals surface area contributed by atoms with Crippen molar-refractivity contribution in [3.05, 3.63) is 42.5 Å². The van der Waals surface area contributed by atoms with E-state index in [0.29, 0.717) is 6.61 Å². The molecule has 5 nitrogen and oxygen atoms in total. The molecule has 0 bridgehead atoms. The van der Waals surface area contributed by atoms with Crippen LogP contribution in [0.3, 0.4) is 0 Å². The summed E-state index contributed by atoms with van der Waals surface area (Å²) in [5, 5.41) is 4.11. The van der Waals surface area contributed by atoms with Crippen LogP contribution in [-0.4, -0.2) is 36.8 Å². The van der Waals surface area contributed by atoms with E-state index in [-0.39, 0.29) is 11.8 Å². The number of amides is 1. The Hall–Kier alpha value is -2.25. The smallest absolute Gasteiger partial charge is 0.227 e. The number of hydrogen-bond acceptors (Lipinski definition) is 6. The molecule has 3 aromatic rings. The van der Waals surface area contributed by atoms with Gasteiger partial charge in [-0.05, 0) is 62.4 Å². The highest BCUT2D eigenvalue weighted by molar-refractivity contribution is 7.98. The zero-order valence-electron chi connectivity index (χ0n) is 16.7. The largest absolute Gasteiger partial charge is 0.494 e. The number of rotatable bonds is 6.